The van der Waals surface area contributed by atoms with Gasteiger partial charge < -0.3 is 10.6 Å². The van der Waals surface area contributed by atoms with Crippen molar-refractivity contribution in [3.05, 3.63) is 63.2 Å². The van der Waals surface area contributed by atoms with E-state index in [1.165, 1.54) is 12.1 Å². The first-order valence-electron chi connectivity index (χ1n) is 7.60. The molecule has 0 aliphatic heterocycles. The summed E-state index contributed by atoms with van der Waals surface area (Å²) in [6.45, 7) is 0. The number of nitro benzene ring substituents is 1. The quantitative estimate of drug-likeness (QED) is 0.625. The molecule has 1 saturated carbocycles. The van der Waals surface area contributed by atoms with Gasteiger partial charge in [0.05, 0.1) is 4.92 Å². The van der Waals surface area contributed by atoms with Gasteiger partial charge in [0, 0.05) is 28.4 Å². The molecule has 2 aromatic carbocycles. The van der Waals surface area contributed by atoms with E-state index < -0.39 is 10.8 Å². The Hall–Kier alpha value is -2.93. The van der Waals surface area contributed by atoms with Crippen LogP contribution in [-0.2, 0) is 4.79 Å². The molecule has 25 heavy (non-hydrogen) atoms. The van der Waals surface area contributed by atoms with E-state index in [1.807, 2.05) is 0 Å². The number of nitrogens with one attached hydrogen (secondary N) is 2. The highest BCUT2D eigenvalue weighted by Gasteiger charge is 2.29. The normalized spacial score (nSPS) is 13.2. The van der Waals surface area contributed by atoms with Crippen molar-refractivity contribution in [3.63, 3.8) is 0 Å². The molecular weight excluding hydrogens is 346 g/mol. The second kappa shape index (κ2) is 6.90. The van der Waals surface area contributed by atoms with Crippen LogP contribution in [0.3, 0.4) is 0 Å². The lowest BCUT2D eigenvalue weighted by molar-refractivity contribution is -0.385. The van der Waals surface area contributed by atoms with E-state index >= 15 is 0 Å². The third-order valence-corrected chi connectivity index (χ3v) is 3.97. The summed E-state index contributed by atoms with van der Waals surface area (Å²) in [5, 5.41) is 16.6. The summed E-state index contributed by atoms with van der Waals surface area (Å²) in [5.74, 6) is -0.610. The zero-order chi connectivity index (χ0) is 18.0. The van der Waals surface area contributed by atoms with Crippen LogP contribution in [0.15, 0.2) is 42.5 Å². The van der Waals surface area contributed by atoms with Crippen LogP contribution in [0.4, 0.5) is 17.1 Å². The minimum absolute atomic E-state index is 0.0446. The lowest BCUT2D eigenvalue weighted by Crippen LogP contribution is -2.15. The number of hydrogen-bond donors (Lipinski definition) is 2. The Kier molecular flexibility index (Phi) is 4.67. The van der Waals surface area contributed by atoms with Gasteiger partial charge in [-0.05, 0) is 43.2 Å². The molecule has 0 spiro atoms. The molecule has 0 bridgehead atoms. The molecular formula is C17H14ClN3O4. The Labute approximate surface area is 148 Å². The highest BCUT2D eigenvalue weighted by molar-refractivity contribution is 6.31. The van der Waals surface area contributed by atoms with Gasteiger partial charge in [-0.3, -0.25) is 19.7 Å². The average molecular weight is 360 g/mol. The van der Waals surface area contributed by atoms with Gasteiger partial charge >= 0.3 is 0 Å². The Morgan fingerprint density at radius 2 is 1.76 bits per heavy atom. The predicted octanol–water partition coefficient (Wildman–Crippen LogP) is 3.85. The summed E-state index contributed by atoms with van der Waals surface area (Å²) in [4.78, 5) is 34.6. The van der Waals surface area contributed by atoms with E-state index in [2.05, 4.69) is 10.6 Å². The van der Waals surface area contributed by atoms with Crippen LogP contribution in [0.5, 0.6) is 0 Å². The summed E-state index contributed by atoms with van der Waals surface area (Å²) in [6.07, 6.45) is 1.78. The molecule has 3 rings (SSSR count). The van der Waals surface area contributed by atoms with E-state index in [0.717, 1.165) is 18.9 Å². The molecule has 0 aromatic heterocycles. The second-order valence-corrected chi connectivity index (χ2v) is 6.15. The molecule has 2 amide bonds. The number of benzene rings is 2. The van der Waals surface area contributed by atoms with Gasteiger partial charge in [0.1, 0.15) is 5.56 Å². The molecule has 1 aliphatic carbocycles. The fourth-order valence-electron chi connectivity index (χ4n) is 2.31. The third-order valence-electron chi connectivity index (χ3n) is 3.74. The van der Waals surface area contributed by atoms with Crippen molar-refractivity contribution < 1.29 is 14.5 Å². The number of amides is 2. The van der Waals surface area contributed by atoms with E-state index in [-0.39, 0.29) is 28.1 Å². The van der Waals surface area contributed by atoms with Crippen LogP contribution in [-0.4, -0.2) is 16.7 Å². The molecule has 0 heterocycles. The van der Waals surface area contributed by atoms with E-state index in [9.17, 15) is 19.7 Å². The molecule has 0 atom stereocenters. The van der Waals surface area contributed by atoms with Gasteiger partial charge in [-0.2, -0.15) is 0 Å². The van der Waals surface area contributed by atoms with E-state index in [4.69, 9.17) is 11.6 Å². The number of halogens is 1. The first kappa shape index (κ1) is 16.9. The predicted molar refractivity (Wildman–Crippen MR) is 93.9 cm³/mol. The maximum Gasteiger partial charge on any atom is 0.283 e. The van der Waals surface area contributed by atoms with Crippen LogP contribution in [0.1, 0.15) is 23.2 Å². The van der Waals surface area contributed by atoms with Crippen LogP contribution in [0, 0.1) is 16.0 Å². The smallest absolute Gasteiger partial charge is 0.283 e. The topological polar surface area (TPSA) is 101 Å². The highest BCUT2D eigenvalue weighted by Crippen LogP contribution is 2.30. The summed E-state index contributed by atoms with van der Waals surface area (Å²) in [7, 11) is 0. The summed E-state index contributed by atoms with van der Waals surface area (Å²) in [5.41, 5.74) is 0.508. The van der Waals surface area contributed by atoms with Crippen molar-refractivity contribution in [1.82, 2.24) is 0 Å². The molecule has 2 N–H and O–H groups in total. The Morgan fingerprint density at radius 3 is 2.40 bits per heavy atom. The molecule has 0 saturated heterocycles. The number of nitro groups is 1. The van der Waals surface area contributed by atoms with Crippen molar-refractivity contribution in [2.45, 2.75) is 12.8 Å². The van der Waals surface area contributed by atoms with Gasteiger partial charge in [0.25, 0.3) is 11.6 Å². The van der Waals surface area contributed by atoms with Crippen LogP contribution in [0.25, 0.3) is 0 Å². The summed E-state index contributed by atoms with van der Waals surface area (Å²) in [6, 6.07) is 10.5. The van der Waals surface area contributed by atoms with Gasteiger partial charge in [0.15, 0.2) is 0 Å². The standard InChI is InChI=1S/C17H14ClN3O4/c18-11-6-7-14(15(8-11)21(24)25)17(23)20-13-3-1-2-12(9-13)19-16(22)10-4-5-10/h1-3,6-10H,4-5H2,(H,19,22)(H,20,23). The number of rotatable bonds is 5. The molecule has 1 fully saturated rings. The molecule has 0 unspecified atom stereocenters. The SMILES string of the molecule is O=C(Nc1cccc(NC(=O)C2CC2)c1)c1ccc(Cl)cc1[N+](=O)[O-]. The minimum atomic E-state index is -0.660. The Morgan fingerprint density at radius 1 is 1.08 bits per heavy atom. The molecule has 8 heteroatoms. The molecule has 2 aromatic rings. The Bertz CT molecular complexity index is 865. The lowest BCUT2D eigenvalue weighted by atomic mass is 10.1. The largest absolute Gasteiger partial charge is 0.326 e. The molecule has 7 nitrogen and oxygen atoms in total. The maximum absolute atomic E-state index is 12.4. The first-order valence-corrected chi connectivity index (χ1v) is 7.98. The van der Waals surface area contributed by atoms with E-state index in [1.54, 1.807) is 24.3 Å². The molecule has 0 radical (unpaired) electrons. The average Bonchev–Trinajstić information content (AvgIpc) is 3.39. The van der Waals surface area contributed by atoms with Gasteiger partial charge in [-0.1, -0.05) is 17.7 Å². The minimum Gasteiger partial charge on any atom is -0.326 e. The number of hydrogen-bond acceptors (Lipinski definition) is 4. The van der Waals surface area contributed by atoms with Gasteiger partial charge in [-0.15, -0.1) is 0 Å². The van der Waals surface area contributed by atoms with Crippen molar-refractivity contribution in [2.75, 3.05) is 10.6 Å². The van der Waals surface area contributed by atoms with Crippen molar-refractivity contribution >= 4 is 40.5 Å². The van der Waals surface area contributed by atoms with Gasteiger partial charge in [-0.25, -0.2) is 0 Å². The van der Waals surface area contributed by atoms with Crippen LogP contribution in [0.2, 0.25) is 5.02 Å². The van der Waals surface area contributed by atoms with Crippen LogP contribution >= 0.6 is 11.6 Å². The van der Waals surface area contributed by atoms with Crippen molar-refractivity contribution in [1.29, 1.82) is 0 Å². The monoisotopic (exact) mass is 359 g/mol. The van der Waals surface area contributed by atoms with Crippen molar-refractivity contribution in [3.8, 4) is 0 Å². The fraction of sp³-hybridized carbons (Fsp3) is 0.176. The maximum atomic E-state index is 12.4. The summed E-state index contributed by atoms with van der Waals surface area (Å²) >= 11 is 5.75. The number of anilines is 2. The van der Waals surface area contributed by atoms with Crippen LogP contribution < -0.4 is 10.6 Å². The third kappa shape index (κ3) is 4.13. The number of carbonyl (C=O) groups excluding carboxylic acids is 2. The molecule has 1 aliphatic rings. The zero-order valence-electron chi connectivity index (χ0n) is 13.0. The zero-order valence-corrected chi connectivity index (χ0v) is 13.7. The second-order valence-electron chi connectivity index (χ2n) is 5.72. The number of carbonyl (C=O) groups is 2. The van der Waals surface area contributed by atoms with Crippen molar-refractivity contribution in [2.24, 2.45) is 5.92 Å². The number of nitrogens with zero attached hydrogens (tertiary/aromatic N) is 1. The van der Waals surface area contributed by atoms with E-state index in [0.29, 0.717) is 11.4 Å². The lowest BCUT2D eigenvalue weighted by Gasteiger charge is -2.09. The molecule has 128 valence electrons. The highest BCUT2D eigenvalue weighted by atomic mass is 35.5. The first-order chi connectivity index (χ1) is 11.9. The fourth-order valence-corrected chi connectivity index (χ4v) is 2.48. The van der Waals surface area contributed by atoms with Gasteiger partial charge in [0.2, 0.25) is 5.91 Å². The Balaban J connectivity index is 1.77. The summed E-state index contributed by atoms with van der Waals surface area (Å²) < 4.78 is 0.